The molecule has 0 saturated heterocycles. The Morgan fingerprint density at radius 1 is 1.46 bits per heavy atom. The van der Waals surface area contributed by atoms with Crippen molar-refractivity contribution in [1.82, 2.24) is 0 Å². The molecule has 0 fully saturated rings. The zero-order valence-corrected chi connectivity index (χ0v) is 8.46. The molecule has 0 aliphatic carbocycles. The van der Waals surface area contributed by atoms with E-state index in [1.165, 1.54) is 6.07 Å². The normalized spacial score (nSPS) is 12.9. The fourth-order valence-corrected chi connectivity index (χ4v) is 1.70. The Bertz CT molecular complexity index is 271. The first-order chi connectivity index (χ1) is 6.16. The summed E-state index contributed by atoms with van der Waals surface area (Å²) in [5.74, 6) is -0.463. The van der Waals surface area contributed by atoms with Crippen LogP contribution in [0.25, 0.3) is 0 Å². The Morgan fingerprint density at radius 3 is 2.69 bits per heavy atom. The molecule has 0 aromatic heterocycles. The summed E-state index contributed by atoms with van der Waals surface area (Å²) >= 11 is 3.14. The maximum atomic E-state index is 13.2. The average molecular weight is 249 g/mol. The molecule has 2 nitrogen and oxygen atoms in total. The fraction of sp³-hybridized carbons (Fsp3) is 0.333. The molecule has 1 rings (SSSR count). The van der Waals surface area contributed by atoms with Crippen molar-refractivity contribution in [2.75, 3.05) is 6.61 Å². The van der Waals surface area contributed by atoms with Crippen molar-refractivity contribution < 1.29 is 14.6 Å². The highest BCUT2D eigenvalue weighted by Crippen LogP contribution is 2.27. The molecule has 1 aromatic carbocycles. The summed E-state index contributed by atoms with van der Waals surface area (Å²) in [4.78, 5) is 0. The summed E-state index contributed by atoms with van der Waals surface area (Å²) in [6, 6.07) is 4.48. The molecular weight excluding hydrogens is 239 g/mol. The molecular formula is C9H10BrFO2. The van der Waals surface area contributed by atoms with Gasteiger partial charge in [0, 0.05) is 23.1 Å². The molecule has 0 radical (unpaired) electrons. The number of hydrogen-bond donors (Lipinski definition) is 2. The van der Waals surface area contributed by atoms with E-state index in [-0.39, 0.29) is 18.6 Å². The van der Waals surface area contributed by atoms with Crippen LogP contribution in [-0.2, 0) is 0 Å². The molecule has 2 N–H and O–H groups in total. The van der Waals surface area contributed by atoms with Crippen molar-refractivity contribution in [3.8, 4) is 0 Å². The quantitative estimate of drug-likeness (QED) is 0.860. The van der Waals surface area contributed by atoms with Gasteiger partial charge in [-0.2, -0.15) is 0 Å². The van der Waals surface area contributed by atoms with Crippen LogP contribution in [0.3, 0.4) is 0 Å². The van der Waals surface area contributed by atoms with Crippen LogP contribution in [0, 0.1) is 5.82 Å². The van der Waals surface area contributed by atoms with Gasteiger partial charge in [0.25, 0.3) is 0 Å². The molecule has 0 amide bonds. The lowest BCUT2D eigenvalue weighted by Crippen LogP contribution is -2.03. The lowest BCUT2D eigenvalue weighted by molar-refractivity contribution is 0.130. The van der Waals surface area contributed by atoms with E-state index in [4.69, 9.17) is 5.11 Å². The second-order valence-corrected chi connectivity index (χ2v) is 3.52. The van der Waals surface area contributed by atoms with E-state index in [0.29, 0.717) is 4.47 Å². The van der Waals surface area contributed by atoms with Crippen LogP contribution in [0.1, 0.15) is 18.1 Å². The lowest BCUT2D eigenvalue weighted by atomic mass is 10.1. The molecule has 0 heterocycles. The molecule has 0 unspecified atom stereocenters. The second-order valence-electron chi connectivity index (χ2n) is 2.66. The van der Waals surface area contributed by atoms with E-state index in [1.54, 1.807) is 12.1 Å². The largest absolute Gasteiger partial charge is 0.396 e. The fourth-order valence-electron chi connectivity index (χ4n) is 1.10. The predicted octanol–water partition coefficient (Wildman–Crippen LogP) is 2.00. The number of halogens is 2. The Hall–Kier alpha value is -0.450. The van der Waals surface area contributed by atoms with Gasteiger partial charge in [-0.1, -0.05) is 22.0 Å². The van der Waals surface area contributed by atoms with Crippen molar-refractivity contribution >= 4 is 15.9 Å². The third-order valence-electron chi connectivity index (χ3n) is 1.74. The summed E-state index contributed by atoms with van der Waals surface area (Å²) in [6.45, 7) is -0.165. The first-order valence-corrected chi connectivity index (χ1v) is 4.69. The van der Waals surface area contributed by atoms with Gasteiger partial charge in [0.05, 0.1) is 6.10 Å². The third-order valence-corrected chi connectivity index (χ3v) is 2.43. The van der Waals surface area contributed by atoms with Gasteiger partial charge in [-0.05, 0) is 12.1 Å². The molecule has 0 spiro atoms. The lowest BCUT2D eigenvalue weighted by Gasteiger charge is -2.11. The van der Waals surface area contributed by atoms with Crippen molar-refractivity contribution in [2.24, 2.45) is 0 Å². The molecule has 0 aliphatic rings. The molecule has 0 aliphatic heterocycles. The van der Waals surface area contributed by atoms with E-state index in [2.05, 4.69) is 15.9 Å². The Balaban J connectivity index is 2.98. The van der Waals surface area contributed by atoms with Crippen LogP contribution in [-0.4, -0.2) is 16.8 Å². The number of aliphatic hydroxyl groups is 2. The highest BCUT2D eigenvalue weighted by Gasteiger charge is 2.14. The maximum absolute atomic E-state index is 13.2. The number of aliphatic hydroxyl groups excluding tert-OH is 2. The van der Waals surface area contributed by atoms with Crippen molar-refractivity contribution in [3.05, 3.63) is 34.1 Å². The molecule has 0 bridgehead atoms. The zero-order valence-electron chi connectivity index (χ0n) is 6.87. The second kappa shape index (κ2) is 4.69. The Kier molecular flexibility index (Phi) is 3.84. The minimum Gasteiger partial charge on any atom is -0.396 e. The standard InChI is InChI=1S/C9H10BrFO2/c10-6-2-1-3-7(11)9(6)8(13)4-5-12/h1-3,8,12-13H,4-5H2/t8-/m0/s1. The number of benzene rings is 1. The summed E-state index contributed by atoms with van der Waals surface area (Å²) in [7, 11) is 0. The van der Waals surface area contributed by atoms with Gasteiger partial charge in [0.1, 0.15) is 5.82 Å². The molecule has 0 saturated carbocycles. The molecule has 1 aromatic rings. The molecule has 4 heteroatoms. The van der Waals surface area contributed by atoms with Gasteiger partial charge in [0.2, 0.25) is 0 Å². The van der Waals surface area contributed by atoms with Crippen molar-refractivity contribution in [2.45, 2.75) is 12.5 Å². The van der Waals surface area contributed by atoms with Crippen LogP contribution in [0.15, 0.2) is 22.7 Å². The average Bonchev–Trinajstić information content (AvgIpc) is 2.04. The maximum Gasteiger partial charge on any atom is 0.130 e. The first kappa shape index (κ1) is 10.6. The predicted molar refractivity (Wildman–Crippen MR) is 50.8 cm³/mol. The minimum absolute atomic E-state index is 0.138. The first-order valence-electron chi connectivity index (χ1n) is 3.89. The molecule has 1 atom stereocenters. The van der Waals surface area contributed by atoms with Gasteiger partial charge in [-0.25, -0.2) is 4.39 Å². The van der Waals surface area contributed by atoms with Crippen LogP contribution in [0.5, 0.6) is 0 Å². The summed E-state index contributed by atoms with van der Waals surface area (Å²) in [6.07, 6.45) is -0.819. The number of rotatable bonds is 3. The Morgan fingerprint density at radius 2 is 2.15 bits per heavy atom. The van der Waals surface area contributed by atoms with Crippen LogP contribution in [0.2, 0.25) is 0 Å². The van der Waals surface area contributed by atoms with Gasteiger partial charge in [-0.3, -0.25) is 0 Å². The van der Waals surface area contributed by atoms with E-state index in [1.807, 2.05) is 0 Å². The van der Waals surface area contributed by atoms with Gasteiger partial charge < -0.3 is 10.2 Å². The summed E-state index contributed by atoms with van der Waals surface area (Å²) in [5, 5.41) is 18.0. The molecule has 72 valence electrons. The van der Waals surface area contributed by atoms with Crippen molar-refractivity contribution in [1.29, 1.82) is 0 Å². The smallest absolute Gasteiger partial charge is 0.130 e. The van der Waals surface area contributed by atoms with E-state index in [9.17, 15) is 9.50 Å². The minimum atomic E-state index is -0.958. The third kappa shape index (κ3) is 2.49. The summed E-state index contributed by atoms with van der Waals surface area (Å²) < 4.78 is 13.7. The van der Waals surface area contributed by atoms with Gasteiger partial charge in [-0.15, -0.1) is 0 Å². The Labute approximate surface area is 84.1 Å². The van der Waals surface area contributed by atoms with Crippen molar-refractivity contribution in [3.63, 3.8) is 0 Å². The van der Waals surface area contributed by atoms with Gasteiger partial charge >= 0.3 is 0 Å². The highest BCUT2D eigenvalue weighted by molar-refractivity contribution is 9.10. The monoisotopic (exact) mass is 248 g/mol. The zero-order chi connectivity index (χ0) is 9.84. The van der Waals surface area contributed by atoms with Crippen LogP contribution in [0.4, 0.5) is 4.39 Å². The highest BCUT2D eigenvalue weighted by atomic mass is 79.9. The summed E-state index contributed by atoms with van der Waals surface area (Å²) in [5.41, 5.74) is 0.205. The molecule has 13 heavy (non-hydrogen) atoms. The van der Waals surface area contributed by atoms with E-state index >= 15 is 0 Å². The van der Waals surface area contributed by atoms with E-state index in [0.717, 1.165) is 0 Å². The van der Waals surface area contributed by atoms with Gasteiger partial charge in [0.15, 0.2) is 0 Å². The number of hydrogen-bond acceptors (Lipinski definition) is 2. The SMILES string of the molecule is OCC[C@H](O)c1c(F)cccc1Br. The van der Waals surface area contributed by atoms with Crippen LogP contribution >= 0.6 is 15.9 Å². The van der Waals surface area contributed by atoms with Crippen LogP contribution < -0.4 is 0 Å². The topological polar surface area (TPSA) is 40.5 Å². The van der Waals surface area contributed by atoms with E-state index < -0.39 is 11.9 Å².